The average Bonchev–Trinajstić information content (AvgIpc) is 1.78. The number of carbonyl (C=O) groups excluding carboxylic acids is 4. The predicted molar refractivity (Wildman–Crippen MR) is 456 cm³/mol. The van der Waals surface area contributed by atoms with E-state index in [1.165, 1.54) is 23.1 Å². The number of hydrogen-bond acceptors (Lipinski definition) is 24. The largest absolute Gasteiger partial charge is 0.542 e. The van der Waals surface area contributed by atoms with Crippen LogP contribution in [0, 0.1) is 6.92 Å². The number of thiazole rings is 1. The van der Waals surface area contributed by atoms with Crippen molar-refractivity contribution in [3.05, 3.63) is 116 Å². The van der Waals surface area contributed by atoms with Crippen LogP contribution in [0.1, 0.15) is 186 Å². The molecule has 25 nitrogen and oxygen atoms in total. The molecule has 5 aromatic heterocycles. The van der Waals surface area contributed by atoms with Crippen LogP contribution in [0.3, 0.4) is 0 Å². The molecule has 0 aromatic carbocycles. The van der Waals surface area contributed by atoms with Gasteiger partial charge in [0.05, 0.1) is 20.5 Å². The molecule has 1 atom stereocenters. The van der Waals surface area contributed by atoms with Crippen LogP contribution in [0.5, 0.6) is 0 Å². The summed E-state index contributed by atoms with van der Waals surface area (Å²) >= 11 is 9.43. The van der Waals surface area contributed by atoms with Gasteiger partial charge in [0.15, 0.2) is 23.3 Å². The lowest BCUT2D eigenvalue weighted by Crippen LogP contribution is -2.41. The minimum atomic E-state index is -1.93. The summed E-state index contributed by atoms with van der Waals surface area (Å²) in [6.45, 7) is 36.8. The first-order valence-corrected chi connectivity index (χ1v) is 46.9. The van der Waals surface area contributed by atoms with Gasteiger partial charge in [-0.3, -0.25) is 24.2 Å². The molecule has 10 N–H and O–H groups in total. The first-order chi connectivity index (χ1) is 49.3. The third kappa shape index (κ3) is 28.5. The van der Waals surface area contributed by atoms with Crippen molar-refractivity contribution in [1.82, 2.24) is 49.8 Å². The van der Waals surface area contributed by atoms with Gasteiger partial charge in [0.2, 0.25) is 29.6 Å². The van der Waals surface area contributed by atoms with E-state index in [4.69, 9.17) is 30.5 Å². The van der Waals surface area contributed by atoms with Crippen LogP contribution in [-0.2, 0) is 55.0 Å². The number of halogens is 2. The second-order valence-corrected chi connectivity index (χ2v) is 48.0. The summed E-state index contributed by atoms with van der Waals surface area (Å²) in [6, 6.07) is 0. The molecule has 0 radical (unpaired) electrons. The number of aryl methyl sites for hydroxylation is 6. The molecule has 107 heavy (non-hydrogen) atoms. The zero-order chi connectivity index (χ0) is 79.9. The number of Topliss-reactive ketones (excluding diaryl/α,β-unsaturated/α-hetero) is 4. The molecule has 5 heterocycles. The molecule has 0 bridgehead atoms. The topological polar surface area (TPSA) is 354 Å². The van der Waals surface area contributed by atoms with E-state index in [0.29, 0.717) is 64.5 Å². The highest BCUT2D eigenvalue weighted by atomic mass is 79.9. The predicted octanol–water partition coefficient (Wildman–Crippen LogP) is 15.3. The number of rotatable bonds is 11. The number of nitrogens with two attached hydrogens (primary N) is 3. The molecule has 0 amide bonds. The number of guanidine groups is 1. The lowest BCUT2D eigenvalue weighted by Gasteiger charge is -2.38. The number of aromatic nitrogens is 9. The van der Waals surface area contributed by atoms with Crippen molar-refractivity contribution in [3.63, 3.8) is 0 Å². The Morgan fingerprint density at radius 3 is 1.43 bits per heavy atom. The summed E-state index contributed by atoms with van der Waals surface area (Å²) in [7, 11) is 6.97. The number of alkyl halides is 1. The highest BCUT2D eigenvalue weighted by Gasteiger charge is 2.43. The molecular weight excluding hydrogens is 1530 g/mol. The standard InChI is InChI=1S/C15H25N3OSi.C15H27NO2Si.C12H22O2Si.C11H12N4S.C9H10BrN3O.C9H11N3O.C2H7N3.C2H5NS.ClH/c1-15(2,3)20(5,6)19-12-9-7-8-11-10-17-14(16-4)18-13(11)12;1-15(2,3)19(6,7)18-13-10-8-9-12(14(13)17)11-16(4)5;1-12(2,3)15(4,5)14-11-9-7-6-8-10(11)13;1-6-14-10-8(16-6)4-3-7-5-13-11(12-2)15-9(7)10;1-11-9-12-4-5-2-3-6(10)8(14)7(5)13-9;1-10-9-11-5-6-3-2-4-7(13)8(6)12-9;1-5-2(3)4;1-2(3)4;/h9-10H,7-8H2,1-6H3,(H,16,17,18);10-11H,8-9H2,1-7H3;9H,6-8H2,1-5H3;5H,3-4H2,1-2H3,(H,12,13,15);4,6H,2-3H2,1H3,(H,11,12,13);5H,2-4H2,1H3,(H,10,11,12);1H3,(H4,3,4,5);1H3,(H2,3,4);1H/b;12-11-;;;;;;;. The Hall–Kier alpha value is -7.43. The molecule has 0 spiro atoms. The Morgan fingerprint density at radius 1 is 0.561 bits per heavy atom. The summed E-state index contributed by atoms with van der Waals surface area (Å²) in [5.74, 6) is 5.04. The molecule has 11 rings (SSSR count). The lowest BCUT2D eigenvalue weighted by atomic mass is 9.96. The van der Waals surface area contributed by atoms with Crippen molar-refractivity contribution in [1.29, 1.82) is 0 Å². The van der Waals surface area contributed by atoms with Gasteiger partial charge in [-0.25, -0.2) is 44.9 Å². The second kappa shape index (κ2) is 41.9. The maximum absolute atomic E-state index is 12.4. The van der Waals surface area contributed by atoms with Crippen LogP contribution in [0.25, 0.3) is 17.1 Å². The third-order valence-corrected chi connectivity index (χ3v) is 33.9. The number of ketones is 4. The summed E-state index contributed by atoms with van der Waals surface area (Å²) in [5, 5.41) is 13.2. The number of anilines is 4. The van der Waals surface area contributed by atoms with Gasteiger partial charge in [-0.1, -0.05) is 90.5 Å². The summed E-state index contributed by atoms with van der Waals surface area (Å²) in [6.07, 6.45) is 27.8. The van der Waals surface area contributed by atoms with Crippen LogP contribution >= 0.6 is 51.9 Å². The highest BCUT2D eigenvalue weighted by molar-refractivity contribution is 9.10. The molecule has 6 aliphatic carbocycles. The van der Waals surface area contributed by atoms with Gasteiger partial charge >= 0.3 is 0 Å². The second-order valence-electron chi connectivity index (χ2n) is 30.8. The van der Waals surface area contributed by atoms with Crippen molar-refractivity contribution in [2.75, 3.05) is 70.6 Å². The first kappa shape index (κ1) is 93.8. The number of allylic oxidation sites excluding steroid dienone is 5. The molecule has 32 heteroatoms. The molecule has 0 saturated carbocycles. The maximum Gasteiger partial charge on any atom is 0.250 e. The molecule has 5 aromatic rings. The van der Waals surface area contributed by atoms with E-state index in [2.05, 4.69) is 207 Å². The molecule has 6 aliphatic rings. The number of thiocarbonyl (C=S) groups is 1. The number of nitrogens with one attached hydrogen (secondary N) is 4. The summed E-state index contributed by atoms with van der Waals surface area (Å²) in [5.41, 5.74) is 23.8. The van der Waals surface area contributed by atoms with Crippen molar-refractivity contribution in [2.24, 2.45) is 22.2 Å². The monoisotopic (exact) mass is 1650 g/mol. The van der Waals surface area contributed by atoms with E-state index in [1.54, 1.807) is 44.7 Å². The molecule has 1 unspecified atom stereocenters. The lowest BCUT2D eigenvalue weighted by molar-refractivity contribution is -0.118. The van der Waals surface area contributed by atoms with Crippen LogP contribution in [0.2, 0.25) is 54.4 Å². The molecular formula is C75H120BrClN18O7S2Si3. The van der Waals surface area contributed by atoms with E-state index < -0.39 is 25.0 Å². The minimum Gasteiger partial charge on any atom is -0.542 e. The van der Waals surface area contributed by atoms with Crippen molar-refractivity contribution >= 4 is 140 Å². The fourth-order valence-electron chi connectivity index (χ4n) is 9.81. The van der Waals surface area contributed by atoms with E-state index in [9.17, 15) is 19.2 Å². The van der Waals surface area contributed by atoms with Gasteiger partial charge in [0.1, 0.15) is 40.1 Å². The molecule has 0 fully saturated rings. The SMILES string of the molecule is CC(C)(C)[Si](C)(C)OC1=CCCCC1=O.CC(N)=S.CN(C)/C=C1/CCC=C(O[Si](C)(C)C(C)(C)C)C1=O.CN=C(N)N.CNc1ncc2c(n1)-c1nc(C)sc1CC2.CNc1ncc2c(n1)C(=O)C(Br)CC2.CNc1ncc2c(n1)C(=O)CCC2.CNc1ncc2c(n1)C(O[Si](C)(C)C(C)(C)C)=CCC2.Cl. The van der Waals surface area contributed by atoms with E-state index >= 15 is 0 Å². The Morgan fingerprint density at radius 2 is 0.963 bits per heavy atom. The van der Waals surface area contributed by atoms with Crippen LogP contribution in [-0.4, -0.2) is 163 Å². The fourth-order valence-corrected chi connectivity index (χ4v) is 14.3. The normalized spacial score (nSPS) is 16.0. The van der Waals surface area contributed by atoms with Gasteiger partial charge < -0.3 is 56.6 Å². The Bertz CT molecular complexity index is 4030. The first-order valence-electron chi connectivity index (χ1n) is 36.0. The van der Waals surface area contributed by atoms with Crippen LogP contribution < -0.4 is 38.5 Å². The average molecular weight is 1650 g/mol. The third-order valence-electron chi connectivity index (χ3n) is 18.9. The zero-order valence-corrected chi connectivity index (χ0v) is 74.7. The van der Waals surface area contributed by atoms with Crippen molar-refractivity contribution in [3.8, 4) is 11.4 Å². The van der Waals surface area contributed by atoms with Crippen molar-refractivity contribution < 1.29 is 32.5 Å². The van der Waals surface area contributed by atoms with Gasteiger partial charge in [-0.15, -0.1) is 23.7 Å². The zero-order valence-electron chi connectivity index (χ0n) is 67.7. The summed E-state index contributed by atoms with van der Waals surface area (Å²) < 4.78 is 18.6. The highest BCUT2D eigenvalue weighted by Crippen LogP contribution is 2.43. The van der Waals surface area contributed by atoms with Gasteiger partial charge in [0.25, 0.3) is 25.0 Å². The Balaban J connectivity index is 0.000000326. The van der Waals surface area contributed by atoms with Gasteiger partial charge in [-0.05, 0) is 175 Å². The molecule has 0 aliphatic heterocycles. The van der Waals surface area contributed by atoms with Crippen molar-refractivity contribution in [2.45, 2.75) is 225 Å². The Labute approximate surface area is 663 Å². The molecule has 0 saturated heterocycles. The van der Waals surface area contributed by atoms with Gasteiger partial charge in [0, 0.05) is 115 Å². The number of carbonyl (C=O) groups is 4. The van der Waals surface area contributed by atoms with Crippen LogP contribution in [0.4, 0.5) is 23.8 Å². The smallest absolute Gasteiger partial charge is 0.250 e. The van der Waals surface area contributed by atoms with E-state index in [1.807, 2.05) is 70.8 Å². The fraction of sp³-hybridized carbons (Fsp3) is 0.560. The number of aliphatic imine (C=N–C) groups is 1. The minimum absolute atomic E-state index is 0. The summed E-state index contributed by atoms with van der Waals surface area (Å²) in [4.78, 5) is 92.9. The van der Waals surface area contributed by atoms with Gasteiger partial charge in [-0.2, -0.15) is 0 Å². The van der Waals surface area contributed by atoms with E-state index in [0.717, 1.165) is 122 Å². The Kier molecular flexibility index (Phi) is 36.8. The van der Waals surface area contributed by atoms with Crippen LogP contribution in [0.15, 0.2) is 71.3 Å². The number of fused-ring (bicyclic) bond motifs is 6. The maximum atomic E-state index is 12.4. The number of hydrogen-bond donors (Lipinski definition) is 7. The number of nitrogens with zero attached hydrogens (tertiary/aromatic N) is 11. The quantitative estimate of drug-likeness (QED) is 0.0161. The molecule has 590 valence electrons. The van der Waals surface area contributed by atoms with E-state index in [-0.39, 0.29) is 61.4 Å².